The first-order valence-electron chi connectivity index (χ1n) is 8.27. The van der Waals surface area contributed by atoms with Crippen LogP contribution in [0.1, 0.15) is 40.0 Å². The number of fused-ring (bicyclic) bond motifs is 1. The molecule has 0 saturated carbocycles. The van der Waals surface area contributed by atoms with E-state index in [1.54, 1.807) is 4.90 Å². The maximum absolute atomic E-state index is 12.7. The van der Waals surface area contributed by atoms with E-state index < -0.39 is 36.0 Å². The fourth-order valence-electron chi connectivity index (χ4n) is 4.00. The van der Waals surface area contributed by atoms with Crippen LogP contribution >= 0.6 is 0 Å². The second-order valence-electron chi connectivity index (χ2n) is 6.64. The molecule has 0 N–H and O–H groups in total. The van der Waals surface area contributed by atoms with E-state index in [-0.39, 0.29) is 11.9 Å². The highest BCUT2D eigenvalue weighted by Crippen LogP contribution is 2.43. The van der Waals surface area contributed by atoms with Crippen LogP contribution in [0.3, 0.4) is 0 Å². The Labute approximate surface area is 140 Å². The van der Waals surface area contributed by atoms with Gasteiger partial charge in [-0.25, -0.2) is 0 Å². The van der Waals surface area contributed by atoms with E-state index in [0.717, 1.165) is 6.42 Å². The predicted octanol–water partition coefficient (Wildman–Crippen LogP) is 0.376. The molecule has 0 aromatic rings. The molecular formula is C16H23NO7. The Hall–Kier alpha value is -1.67. The van der Waals surface area contributed by atoms with Crippen molar-refractivity contribution in [1.82, 2.24) is 4.90 Å². The average Bonchev–Trinajstić information content (AvgIpc) is 2.72. The Morgan fingerprint density at radius 1 is 1.12 bits per heavy atom. The van der Waals surface area contributed by atoms with E-state index in [4.69, 9.17) is 18.9 Å². The summed E-state index contributed by atoms with van der Waals surface area (Å²) in [6.45, 7) is 5.59. The van der Waals surface area contributed by atoms with Gasteiger partial charge in [-0.1, -0.05) is 0 Å². The van der Waals surface area contributed by atoms with Crippen molar-refractivity contribution in [1.29, 1.82) is 0 Å². The van der Waals surface area contributed by atoms with Crippen LogP contribution in [0.25, 0.3) is 0 Å². The predicted molar refractivity (Wildman–Crippen MR) is 79.7 cm³/mol. The average molecular weight is 341 g/mol. The van der Waals surface area contributed by atoms with Gasteiger partial charge in [0.15, 0.2) is 11.9 Å². The number of esters is 2. The van der Waals surface area contributed by atoms with Gasteiger partial charge in [-0.15, -0.1) is 0 Å². The Bertz CT molecular complexity index is 543. The van der Waals surface area contributed by atoms with Crippen LogP contribution in [-0.2, 0) is 33.3 Å². The monoisotopic (exact) mass is 341 g/mol. The number of hydrogen-bond acceptors (Lipinski definition) is 7. The first-order chi connectivity index (χ1) is 11.3. The lowest BCUT2D eigenvalue weighted by Gasteiger charge is -2.48. The van der Waals surface area contributed by atoms with Gasteiger partial charge in [0.1, 0.15) is 0 Å². The molecule has 0 aliphatic carbocycles. The highest BCUT2D eigenvalue weighted by Gasteiger charge is 2.60. The van der Waals surface area contributed by atoms with Gasteiger partial charge in [-0.2, -0.15) is 0 Å². The fraction of sp³-hybridized carbons (Fsp3) is 0.812. The minimum absolute atomic E-state index is 0.173. The zero-order valence-electron chi connectivity index (χ0n) is 14.1. The molecule has 1 amide bonds. The molecule has 0 aromatic heterocycles. The Kier molecular flexibility index (Phi) is 4.52. The van der Waals surface area contributed by atoms with Crippen molar-refractivity contribution in [3.05, 3.63) is 0 Å². The van der Waals surface area contributed by atoms with Crippen molar-refractivity contribution in [2.24, 2.45) is 0 Å². The molecule has 0 unspecified atom stereocenters. The van der Waals surface area contributed by atoms with Crippen LogP contribution in [-0.4, -0.2) is 66.0 Å². The summed E-state index contributed by atoms with van der Waals surface area (Å²) in [5, 5.41) is 0. The number of amides is 1. The number of piperidine rings is 1. The van der Waals surface area contributed by atoms with Gasteiger partial charge in [0.2, 0.25) is 6.10 Å². The number of carbonyl (C=O) groups excluding carboxylic acids is 3. The van der Waals surface area contributed by atoms with Crippen molar-refractivity contribution in [2.75, 3.05) is 13.2 Å². The molecule has 24 heavy (non-hydrogen) atoms. The summed E-state index contributed by atoms with van der Waals surface area (Å²) >= 11 is 0. The third-order valence-corrected chi connectivity index (χ3v) is 4.75. The smallest absolute Gasteiger partial charge is 0.303 e. The molecule has 3 aliphatic heterocycles. The van der Waals surface area contributed by atoms with E-state index in [0.29, 0.717) is 26.1 Å². The molecule has 3 fully saturated rings. The summed E-state index contributed by atoms with van der Waals surface area (Å²) in [5.41, 5.74) is 0. The third kappa shape index (κ3) is 3.00. The number of nitrogens with zero attached hydrogens (tertiary/aromatic N) is 1. The molecule has 8 nitrogen and oxygen atoms in total. The maximum Gasteiger partial charge on any atom is 0.303 e. The quantitative estimate of drug-likeness (QED) is 0.670. The Morgan fingerprint density at radius 2 is 1.75 bits per heavy atom. The van der Waals surface area contributed by atoms with Gasteiger partial charge in [0.05, 0.1) is 19.3 Å². The Balaban J connectivity index is 1.90. The fourth-order valence-corrected chi connectivity index (χ4v) is 4.00. The summed E-state index contributed by atoms with van der Waals surface area (Å²) < 4.78 is 22.3. The summed E-state index contributed by atoms with van der Waals surface area (Å²) in [6, 6.07) is -0.611. The van der Waals surface area contributed by atoms with Gasteiger partial charge >= 0.3 is 11.9 Å². The lowest BCUT2D eigenvalue weighted by Crippen LogP contribution is -2.59. The molecule has 0 bridgehead atoms. The lowest BCUT2D eigenvalue weighted by molar-refractivity contribution is -0.296. The second-order valence-corrected chi connectivity index (χ2v) is 6.64. The van der Waals surface area contributed by atoms with Crippen LogP contribution in [0.4, 0.5) is 0 Å². The number of rotatable bonds is 2. The van der Waals surface area contributed by atoms with Crippen LogP contribution < -0.4 is 0 Å². The van der Waals surface area contributed by atoms with E-state index in [1.165, 1.54) is 13.8 Å². The van der Waals surface area contributed by atoms with E-state index in [1.807, 2.05) is 6.92 Å². The van der Waals surface area contributed by atoms with Crippen molar-refractivity contribution in [2.45, 2.75) is 70.1 Å². The van der Waals surface area contributed by atoms with Crippen molar-refractivity contribution in [3.8, 4) is 0 Å². The molecular weight excluding hydrogens is 318 g/mol. The first kappa shape index (κ1) is 17.2. The SMILES string of the molecule is CC(=O)O[C@H]1[C@H]2CC3(C[C@@H](C)N2C(=O)[C@@H]1OC(C)=O)OCCCO3. The molecule has 0 aromatic carbocycles. The number of carbonyl (C=O) groups is 3. The molecule has 134 valence electrons. The largest absolute Gasteiger partial charge is 0.456 e. The van der Waals surface area contributed by atoms with Gasteiger partial charge in [0.25, 0.3) is 5.91 Å². The van der Waals surface area contributed by atoms with Crippen molar-refractivity contribution in [3.63, 3.8) is 0 Å². The van der Waals surface area contributed by atoms with Gasteiger partial charge in [-0.3, -0.25) is 14.4 Å². The van der Waals surface area contributed by atoms with E-state index in [9.17, 15) is 14.4 Å². The summed E-state index contributed by atoms with van der Waals surface area (Å²) in [7, 11) is 0. The van der Waals surface area contributed by atoms with E-state index >= 15 is 0 Å². The first-order valence-corrected chi connectivity index (χ1v) is 8.27. The number of ether oxygens (including phenoxy) is 4. The number of hydrogen-bond donors (Lipinski definition) is 0. The molecule has 3 rings (SSSR count). The lowest BCUT2D eigenvalue weighted by atomic mass is 9.89. The molecule has 3 saturated heterocycles. The van der Waals surface area contributed by atoms with Gasteiger partial charge in [0, 0.05) is 32.7 Å². The minimum atomic E-state index is -1.11. The second kappa shape index (κ2) is 6.33. The van der Waals surface area contributed by atoms with E-state index in [2.05, 4.69) is 0 Å². The highest BCUT2D eigenvalue weighted by molar-refractivity contribution is 5.88. The molecule has 1 spiro atoms. The van der Waals surface area contributed by atoms with Crippen LogP contribution in [0, 0.1) is 0 Å². The molecule has 4 atom stereocenters. The standard InChI is InChI=1S/C16H23NO7/c1-9-7-16(21-5-4-6-22-16)8-12-13(23-10(2)18)14(24-11(3)19)15(20)17(9)12/h9,12-14H,4-8H2,1-3H3/t9-,12-,13+,14-/m1/s1. The van der Waals surface area contributed by atoms with Crippen molar-refractivity contribution >= 4 is 17.8 Å². The molecule has 0 radical (unpaired) electrons. The Morgan fingerprint density at radius 3 is 2.33 bits per heavy atom. The summed E-state index contributed by atoms with van der Waals surface area (Å²) in [6.07, 6.45) is -0.217. The zero-order chi connectivity index (χ0) is 17.5. The van der Waals surface area contributed by atoms with Crippen LogP contribution in [0.2, 0.25) is 0 Å². The third-order valence-electron chi connectivity index (χ3n) is 4.75. The van der Waals surface area contributed by atoms with Crippen LogP contribution in [0.5, 0.6) is 0 Å². The zero-order valence-corrected chi connectivity index (χ0v) is 14.1. The summed E-state index contributed by atoms with van der Waals surface area (Å²) in [5.74, 6) is -2.22. The van der Waals surface area contributed by atoms with Crippen molar-refractivity contribution < 1.29 is 33.3 Å². The minimum Gasteiger partial charge on any atom is -0.456 e. The normalized spacial score (nSPS) is 34.8. The van der Waals surface area contributed by atoms with Gasteiger partial charge < -0.3 is 23.8 Å². The van der Waals surface area contributed by atoms with Gasteiger partial charge in [-0.05, 0) is 13.3 Å². The maximum atomic E-state index is 12.7. The summed E-state index contributed by atoms with van der Waals surface area (Å²) in [4.78, 5) is 37.3. The van der Waals surface area contributed by atoms with Crippen LogP contribution in [0.15, 0.2) is 0 Å². The topological polar surface area (TPSA) is 91.4 Å². The molecule has 3 heterocycles. The molecule has 8 heteroatoms. The molecule has 3 aliphatic rings. The highest BCUT2D eigenvalue weighted by atomic mass is 16.7.